The first-order chi connectivity index (χ1) is 10.5. The lowest BCUT2D eigenvalue weighted by Crippen LogP contribution is -2.27. The van der Waals surface area contributed by atoms with E-state index in [1.165, 1.54) is 0 Å². The van der Waals surface area contributed by atoms with Crippen LogP contribution >= 0.6 is 23.2 Å². The molecule has 2 rings (SSSR count). The van der Waals surface area contributed by atoms with Crippen LogP contribution in [-0.2, 0) is 11.2 Å². The van der Waals surface area contributed by atoms with Crippen LogP contribution < -0.4 is 5.32 Å². The van der Waals surface area contributed by atoms with Gasteiger partial charge in [0, 0.05) is 13.5 Å². The predicted octanol–water partition coefficient (Wildman–Crippen LogP) is 3.06. The maximum atomic E-state index is 12.3. The van der Waals surface area contributed by atoms with Gasteiger partial charge in [-0.25, -0.2) is 0 Å². The van der Waals surface area contributed by atoms with Crippen molar-refractivity contribution in [3.05, 3.63) is 45.5 Å². The Morgan fingerprint density at radius 1 is 1.41 bits per heavy atom. The molecule has 1 N–H and O–H groups in total. The minimum Gasteiger partial charge on any atom is -0.384 e. The molecular formula is C14H15Cl2N3O3. The van der Waals surface area contributed by atoms with E-state index in [2.05, 4.69) is 15.5 Å². The number of nitrogens with zero attached hydrogens (tertiary/aromatic N) is 2. The average molecular weight is 344 g/mol. The van der Waals surface area contributed by atoms with Crippen molar-refractivity contribution >= 4 is 29.1 Å². The Hall–Kier alpha value is -1.63. The number of nitrogens with one attached hydrogen (secondary N) is 1. The van der Waals surface area contributed by atoms with E-state index in [9.17, 15) is 4.79 Å². The van der Waals surface area contributed by atoms with Crippen molar-refractivity contribution in [2.75, 3.05) is 13.7 Å². The summed E-state index contributed by atoms with van der Waals surface area (Å²) in [4.78, 5) is 16.5. The fourth-order valence-corrected chi connectivity index (χ4v) is 2.35. The highest BCUT2D eigenvalue weighted by molar-refractivity contribution is 6.39. The largest absolute Gasteiger partial charge is 0.384 e. The summed E-state index contributed by atoms with van der Waals surface area (Å²) in [6, 6.07) is 4.40. The maximum absolute atomic E-state index is 12.3. The van der Waals surface area contributed by atoms with Crippen LogP contribution in [0.3, 0.4) is 0 Å². The molecule has 0 bridgehead atoms. The molecular weight excluding hydrogens is 329 g/mol. The van der Waals surface area contributed by atoms with Gasteiger partial charge in [0.15, 0.2) is 5.82 Å². The monoisotopic (exact) mass is 343 g/mol. The van der Waals surface area contributed by atoms with Crippen LogP contribution in [0.2, 0.25) is 10.0 Å². The van der Waals surface area contributed by atoms with Crippen molar-refractivity contribution in [2.45, 2.75) is 19.4 Å². The summed E-state index contributed by atoms with van der Waals surface area (Å²) < 4.78 is 10.1. The zero-order valence-corrected chi connectivity index (χ0v) is 13.6. The van der Waals surface area contributed by atoms with Crippen molar-refractivity contribution in [2.24, 2.45) is 0 Å². The molecule has 0 aliphatic rings. The van der Waals surface area contributed by atoms with E-state index in [0.29, 0.717) is 24.7 Å². The van der Waals surface area contributed by atoms with Gasteiger partial charge in [-0.05, 0) is 19.1 Å². The van der Waals surface area contributed by atoms with E-state index in [1.807, 2.05) is 0 Å². The van der Waals surface area contributed by atoms with Crippen molar-refractivity contribution in [1.29, 1.82) is 0 Å². The van der Waals surface area contributed by atoms with Gasteiger partial charge in [0.2, 0.25) is 5.89 Å². The van der Waals surface area contributed by atoms with Crippen LogP contribution in [-0.4, -0.2) is 29.8 Å². The highest BCUT2D eigenvalue weighted by Gasteiger charge is 2.20. The summed E-state index contributed by atoms with van der Waals surface area (Å²) in [5.41, 5.74) is 0.219. The molecule has 1 atom stereocenters. The SMILES string of the molecule is COCCc1noc(C(C)NC(=O)c2c(Cl)cccc2Cl)n1. The highest BCUT2D eigenvalue weighted by atomic mass is 35.5. The Labute approximate surface area is 137 Å². The smallest absolute Gasteiger partial charge is 0.254 e. The molecule has 1 aromatic heterocycles. The molecule has 1 amide bonds. The van der Waals surface area contributed by atoms with E-state index >= 15 is 0 Å². The number of aromatic nitrogens is 2. The lowest BCUT2D eigenvalue weighted by Gasteiger charge is -2.11. The third-order valence-corrected chi connectivity index (χ3v) is 3.55. The topological polar surface area (TPSA) is 77.3 Å². The summed E-state index contributed by atoms with van der Waals surface area (Å²) >= 11 is 12.0. The molecule has 0 fully saturated rings. The van der Waals surface area contributed by atoms with Crippen LogP contribution in [0.1, 0.15) is 35.0 Å². The molecule has 0 saturated carbocycles. The van der Waals surface area contributed by atoms with Crippen LogP contribution in [0.15, 0.2) is 22.7 Å². The zero-order chi connectivity index (χ0) is 16.1. The molecule has 6 nitrogen and oxygen atoms in total. The fraction of sp³-hybridized carbons (Fsp3) is 0.357. The van der Waals surface area contributed by atoms with Gasteiger partial charge < -0.3 is 14.6 Å². The van der Waals surface area contributed by atoms with Gasteiger partial charge in [-0.3, -0.25) is 4.79 Å². The van der Waals surface area contributed by atoms with Gasteiger partial charge in [-0.2, -0.15) is 4.98 Å². The third kappa shape index (κ3) is 3.97. The Kier molecular flexibility index (Phi) is 5.76. The molecule has 0 spiro atoms. The van der Waals surface area contributed by atoms with Crippen molar-refractivity contribution in [3.63, 3.8) is 0 Å². The average Bonchev–Trinajstić information content (AvgIpc) is 2.93. The summed E-state index contributed by atoms with van der Waals surface area (Å²) in [6.07, 6.45) is 0.539. The molecule has 0 aliphatic carbocycles. The summed E-state index contributed by atoms with van der Waals surface area (Å²) in [6.45, 7) is 2.23. The van der Waals surface area contributed by atoms with Gasteiger partial charge in [0.25, 0.3) is 5.91 Å². The molecule has 0 radical (unpaired) electrons. The first-order valence-corrected chi connectivity index (χ1v) is 7.34. The Balaban J connectivity index is 2.06. The van der Waals surface area contributed by atoms with Crippen LogP contribution in [0.5, 0.6) is 0 Å². The molecule has 0 aliphatic heterocycles. The number of rotatable bonds is 6. The molecule has 1 aromatic carbocycles. The number of benzene rings is 1. The number of hydrogen-bond acceptors (Lipinski definition) is 5. The molecule has 1 unspecified atom stereocenters. The summed E-state index contributed by atoms with van der Waals surface area (Å²) in [5, 5.41) is 7.11. The molecule has 118 valence electrons. The minimum absolute atomic E-state index is 0.219. The molecule has 0 saturated heterocycles. The minimum atomic E-state index is -0.469. The van der Waals surface area contributed by atoms with Gasteiger partial charge in [0.05, 0.1) is 22.2 Å². The normalized spacial score (nSPS) is 12.2. The number of hydrogen-bond donors (Lipinski definition) is 1. The molecule has 1 heterocycles. The van der Waals surface area contributed by atoms with E-state index in [4.69, 9.17) is 32.5 Å². The number of methoxy groups -OCH3 is 1. The Morgan fingerprint density at radius 2 is 2.09 bits per heavy atom. The van der Waals surface area contributed by atoms with Crippen molar-refractivity contribution < 1.29 is 14.1 Å². The zero-order valence-electron chi connectivity index (χ0n) is 12.1. The summed E-state index contributed by atoms with van der Waals surface area (Å²) in [7, 11) is 1.59. The number of ether oxygens (including phenoxy) is 1. The van der Waals surface area contributed by atoms with Crippen molar-refractivity contribution in [1.82, 2.24) is 15.5 Å². The summed E-state index contributed by atoms with van der Waals surface area (Å²) in [5.74, 6) is 0.427. The molecule has 8 heteroatoms. The second kappa shape index (κ2) is 7.58. The first kappa shape index (κ1) is 16.7. The number of carbonyl (C=O) groups excluding carboxylic acids is 1. The van der Waals surface area contributed by atoms with E-state index < -0.39 is 11.9 Å². The Bertz CT molecular complexity index is 640. The predicted molar refractivity (Wildman–Crippen MR) is 82.2 cm³/mol. The second-order valence-electron chi connectivity index (χ2n) is 4.58. The van der Waals surface area contributed by atoms with Crippen LogP contribution in [0.25, 0.3) is 0 Å². The number of halogens is 2. The highest BCUT2D eigenvalue weighted by Crippen LogP contribution is 2.24. The lowest BCUT2D eigenvalue weighted by atomic mass is 10.2. The Morgan fingerprint density at radius 3 is 2.73 bits per heavy atom. The number of carbonyl (C=O) groups is 1. The van der Waals surface area contributed by atoms with Crippen LogP contribution in [0, 0.1) is 0 Å². The second-order valence-corrected chi connectivity index (χ2v) is 5.40. The van der Waals surface area contributed by atoms with E-state index in [-0.39, 0.29) is 15.6 Å². The van der Waals surface area contributed by atoms with E-state index in [1.54, 1.807) is 32.2 Å². The third-order valence-electron chi connectivity index (χ3n) is 2.92. The van der Waals surface area contributed by atoms with Gasteiger partial charge in [-0.1, -0.05) is 34.4 Å². The van der Waals surface area contributed by atoms with Gasteiger partial charge in [0.1, 0.15) is 6.04 Å². The quantitative estimate of drug-likeness (QED) is 0.871. The molecule has 2 aromatic rings. The molecule has 22 heavy (non-hydrogen) atoms. The lowest BCUT2D eigenvalue weighted by molar-refractivity contribution is 0.0933. The first-order valence-electron chi connectivity index (χ1n) is 6.59. The maximum Gasteiger partial charge on any atom is 0.254 e. The van der Waals surface area contributed by atoms with Gasteiger partial charge in [-0.15, -0.1) is 0 Å². The number of amides is 1. The van der Waals surface area contributed by atoms with Gasteiger partial charge >= 0.3 is 0 Å². The van der Waals surface area contributed by atoms with Crippen LogP contribution in [0.4, 0.5) is 0 Å². The van der Waals surface area contributed by atoms with E-state index in [0.717, 1.165) is 0 Å². The standard InChI is InChI=1S/C14H15Cl2N3O3/c1-8(14-18-11(19-22-14)6-7-21-2)17-13(20)12-9(15)4-3-5-10(12)16/h3-5,8H,6-7H2,1-2H3,(H,17,20). The fourth-order valence-electron chi connectivity index (χ4n) is 1.78. The van der Waals surface area contributed by atoms with Crippen molar-refractivity contribution in [3.8, 4) is 0 Å².